The Balaban J connectivity index is 2.15. The predicted octanol–water partition coefficient (Wildman–Crippen LogP) is -0.257. The van der Waals surface area contributed by atoms with Gasteiger partial charge in [0.05, 0.1) is 12.7 Å². The van der Waals surface area contributed by atoms with Gasteiger partial charge >= 0.3 is 0 Å². The van der Waals surface area contributed by atoms with Crippen LogP contribution in [0.2, 0.25) is 0 Å². The summed E-state index contributed by atoms with van der Waals surface area (Å²) in [6.07, 6.45) is 0.749. The maximum atomic E-state index is 10.8. The van der Waals surface area contributed by atoms with Gasteiger partial charge in [-0.3, -0.25) is 4.79 Å². The maximum absolute atomic E-state index is 10.8. The second-order valence-electron chi connectivity index (χ2n) is 2.40. The largest absolute Gasteiger partial charge is 0.367 e. The number of Topliss-reactive ketones (excluding diaryl/α,β-unsaturated/α-hetero) is 1. The monoisotopic (exact) mass is 128 g/mol. The summed E-state index contributed by atoms with van der Waals surface area (Å²) in [5, 5.41) is 0. The number of ether oxygens (including phenoxy) is 2. The first-order valence-corrected chi connectivity index (χ1v) is 3.14. The third kappa shape index (κ3) is 0.686. The van der Waals surface area contributed by atoms with Crippen LogP contribution in [0.5, 0.6) is 0 Å². The van der Waals surface area contributed by atoms with Gasteiger partial charge in [0, 0.05) is 0 Å². The molecule has 0 saturated carbocycles. The summed E-state index contributed by atoms with van der Waals surface area (Å²) in [6.45, 7) is 0.941. The molecule has 0 spiro atoms. The van der Waals surface area contributed by atoms with Crippen molar-refractivity contribution in [3.05, 3.63) is 0 Å². The highest BCUT2D eigenvalue weighted by molar-refractivity contribution is 5.86. The van der Waals surface area contributed by atoms with E-state index < -0.39 is 0 Å². The summed E-state index contributed by atoms with van der Waals surface area (Å²) >= 11 is 0. The Hall–Kier alpha value is -0.410. The van der Waals surface area contributed by atoms with Gasteiger partial charge < -0.3 is 9.47 Å². The van der Waals surface area contributed by atoms with E-state index in [0.717, 1.165) is 6.42 Å². The van der Waals surface area contributed by atoms with Crippen LogP contribution < -0.4 is 0 Å². The van der Waals surface area contributed by atoms with E-state index in [-0.39, 0.29) is 24.6 Å². The van der Waals surface area contributed by atoms with Gasteiger partial charge in [0.15, 0.2) is 5.78 Å². The van der Waals surface area contributed by atoms with Crippen molar-refractivity contribution in [3.8, 4) is 0 Å². The quantitative estimate of drug-likeness (QED) is 0.451. The fraction of sp³-hybridized carbons (Fsp3) is 0.833. The van der Waals surface area contributed by atoms with Gasteiger partial charge in [-0.05, 0) is 6.42 Å². The lowest BCUT2D eigenvalue weighted by Crippen LogP contribution is -2.21. The van der Waals surface area contributed by atoms with Crippen molar-refractivity contribution >= 4 is 5.78 Å². The molecule has 0 amide bonds. The minimum atomic E-state index is -0.218. The molecule has 0 aromatic rings. The Bertz CT molecular complexity index is 143. The van der Waals surface area contributed by atoms with Crippen molar-refractivity contribution in [2.75, 3.05) is 13.2 Å². The van der Waals surface area contributed by atoms with Crippen LogP contribution >= 0.6 is 0 Å². The molecule has 0 aromatic heterocycles. The molecule has 9 heavy (non-hydrogen) atoms. The van der Waals surface area contributed by atoms with Crippen LogP contribution in [0.4, 0.5) is 0 Å². The van der Waals surface area contributed by atoms with Crippen LogP contribution in [0.25, 0.3) is 0 Å². The maximum Gasteiger partial charge on any atom is 0.189 e. The number of hydrogen-bond acceptors (Lipinski definition) is 3. The summed E-state index contributed by atoms with van der Waals surface area (Å²) in [7, 11) is 0. The van der Waals surface area contributed by atoms with Crippen molar-refractivity contribution in [3.63, 3.8) is 0 Å². The smallest absolute Gasteiger partial charge is 0.189 e. The molecule has 50 valence electrons. The van der Waals surface area contributed by atoms with E-state index in [1.807, 2.05) is 0 Å². The normalized spacial score (nSPS) is 41.6. The molecule has 2 aliphatic rings. The average molecular weight is 128 g/mol. The summed E-state index contributed by atoms with van der Waals surface area (Å²) < 4.78 is 10.2. The molecule has 0 aromatic carbocycles. The highest BCUT2D eigenvalue weighted by atomic mass is 16.6. The molecule has 2 aliphatic heterocycles. The van der Waals surface area contributed by atoms with Crippen molar-refractivity contribution < 1.29 is 14.3 Å². The van der Waals surface area contributed by atoms with Crippen LogP contribution in [0.15, 0.2) is 0 Å². The number of carbonyl (C=O) groups is 1. The van der Waals surface area contributed by atoms with Gasteiger partial charge in [-0.15, -0.1) is 0 Å². The van der Waals surface area contributed by atoms with E-state index in [0.29, 0.717) is 6.61 Å². The number of hydrogen-bond donors (Lipinski definition) is 0. The molecule has 3 nitrogen and oxygen atoms in total. The van der Waals surface area contributed by atoms with Gasteiger partial charge in [-0.2, -0.15) is 0 Å². The number of ketones is 1. The average Bonchev–Trinajstić information content (AvgIpc) is 2.35. The standard InChI is InChI=1S/C6H8O3/c7-4-3-9-5-1-2-8-6(4)5/h5-6H,1-3H2/t5-,6-/m1/s1. The van der Waals surface area contributed by atoms with E-state index in [2.05, 4.69) is 0 Å². The molecule has 0 radical (unpaired) electrons. The Morgan fingerprint density at radius 1 is 1.44 bits per heavy atom. The molecule has 0 bridgehead atoms. The van der Waals surface area contributed by atoms with Gasteiger partial charge in [-0.25, -0.2) is 0 Å². The Labute approximate surface area is 52.9 Å². The second kappa shape index (κ2) is 1.78. The number of rotatable bonds is 0. The topological polar surface area (TPSA) is 35.5 Å². The zero-order valence-electron chi connectivity index (χ0n) is 5.00. The summed E-state index contributed by atoms with van der Waals surface area (Å²) in [6, 6.07) is 0. The zero-order valence-corrected chi connectivity index (χ0v) is 5.00. The lowest BCUT2D eigenvalue weighted by molar-refractivity contribution is -0.124. The molecule has 0 N–H and O–H groups in total. The van der Waals surface area contributed by atoms with Crippen LogP contribution in [-0.4, -0.2) is 31.2 Å². The molecule has 2 saturated heterocycles. The number of carbonyl (C=O) groups excluding carboxylic acids is 1. The lowest BCUT2D eigenvalue weighted by Gasteiger charge is -2.01. The van der Waals surface area contributed by atoms with Crippen molar-refractivity contribution in [2.24, 2.45) is 0 Å². The summed E-state index contributed by atoms with van der Waals surface area (Å²) in [5.41, 5.74) is 0. The Morgan fingerprint density at radius 3 is 3.11 bits per heavy atom. The fourth-order valence-electron chi connectivity index (χ4n) is 1.31. The molecule has 2 atom stereocenters. The molecule has 2 rings (SSSR count). The summed E-state index contributed by atoms with van der Waals surface area (Å²) in [5.74, 6) is 0.109. The van der Waals surface area contributed by atoms with Gasteiger partial charge in [-0.1, -0.05) is 0 Å². The van der Waals surface area contributed by atoms with Crippen molar-refractivity contribution in [1.29, 1.82) is 0 Å². The highest BCUT2D eigenvalue weighted by Gasteiger charge is 2.40. The molecule has 2 fully saturated rings. The molecule has 0 unspecified atom stereocenters. The minimum Gasteiger partial charge on any atom is -0.367 e. The van der Waals surface area contributed by atoms with E-state index in [9.17, 15) is 4.79 Å². The second-order valence-corrected chi connectivity index (χ2v) is 2.40. The van der Waals surface area contributed by atoms with Crippen LogP contribution in [0.3, 0.4) is 0 Å². The SMILES string of the molecule is O=C1CO[C@@H]2CCO[C@H]12. The first-order valence-electron chi connectivity index (χ1n) is 3.14. The number of fused-ring (bicyclic) bond motifs is 1. The van der Waals surface area contributed by atoms with Crippen LogP contribution in [-0.2, 0) is 14.3 Å². The van der Waals surface area contributed by atoms with Crippen molar-refractivity contribution in [1.82, 2.24) is 0 Å². The minimum absolute atomic E-state index is 0.0810. The summed E-state index contributed by atoms with van der Waals surface area (Å²) in [4.78, 5) is 10.8. The van der Waals surface area contributed by atoms with Gasteiger partial charge in [0.2, 0.25) is 0 Å². The molecule has 2 heterocycles. The third-order valence-corrected chi connectivity index (χ3v) is 1.79. The highest BCUT2D eigenvalue weighted by Crippen LogP contribution is 2.22. The fourth-order valence-corrected chi connectivity index (χ4v) is 1.31. The van der Waals surface area contributed by atoms with E-state index in [1.165, 1.54) is 0 Å². The first kappa shape index (κ1) is 5.38. The third-order valence-electron chi connectivity index (χ3n) is 1.79. The van der Waals surface area contributed by atoms with Crippen molar-refractivity contribution in [2.45, 2.75) is 18.6 Å². The Kier molecular flexibility index (Phi) is 1.07. The van der Waals surface area contributed by atoms with E-state index in [4.69, 9.17) is 9.47 Å². The Morgan fingerprint density at radius 2 is 2.33 bits per heavy atom. The van der Waals surface area contributed by atoms with Crippen LogP contribution in [0.1, 0.15) is 6.42 Å². The molecular formula is C6H8O3. The van der Waals surface area contributed by atoms with Gasteiger partial charge in [0.1, 0.15) is 12.7 Å². The zero-order chi connectivity index (χ0) is 6.27. The molecule has 3 heteroatoms. The predicted molar refractivity (Wildman–Crippen MR) is 29.1 cm³/mol. The van der Waals surface area contributed by atoms with E-state index in [1.54, 1.807) is 0 Å². The van der Waals surface area contributed by atoms with E-state index >= 15 is 0 Å². The lowest BCUT2D eigenvalue weighted by atomic mass is 10.2. The molecular weight excluding hydrogens is 120 g/mol. The molecule has 0 aliphatic carbocycles. The van der Waals surface area contributed by atoms with Crippen LogP contribution in [0, 0.1) is 0 Å². The first-order chi connectivity index (χ1) is 4.38. The van der Waals surface area contributed by atoms with Gasteiger partial charge in [0.25, 0.3) is 0 Å².